The van der Waals surface area contributed by atoms with Gasteiger partial charge in [-0.05, 0) is 37.1 Å². The average Bonchev–Trinajstić information content (AvgIpc) is 2.24. The van der Waals surface area contributed by atoms with Crippen molar-refractivity contribution >= 4 is 5.69 Å². The van der Waals surface area contributed by atoms with Gasteiger partial charge in [0.1, 0.15) is 5.75 Å². The molecule has 1 aliphatic heterocycles. The topological polar surface area (TPSA) is 44.5 Å². The molecule has 0 unspecified atom stereocenters. The summed E-state index contributed by atoms with van der Waals surface area (Å²) in [6, 6.07) is 4.03. The molecular formula is C14H21NO2. The zero-order valence-electron chi connectivity index (χ0n) is 11.3. The molecule has 0 atom stereocenters. The molecule has 0 bridgehead atoms. The lowest BCUT2D eigenvalue weighted by molar-refractivity contribution is -0.0587. The van der Waals surface area contributed by atoms with Gasteiger partial charge in [-0.2, -0.15) is 0 Å². The first kappa shape index (κ1) is 12.2. The molecule has 0 fully saturated rings. The van der Waals surface area contributed by atoms with Crippen LogP contribution in [0.2, 0.25) is 0 Å². The van der Waals surface area contributed by atoms with Gasteiger partial charge in [0, 0.05) is 5.41 Å². The SMILES string of the molecule is COc1cc2c(cc1N)C(C)(C)OCC2(C)C. The van der Waals surface area contributed by atoms with Crippen LogP contribution >= 0.6 is 0 Å². The van der Waals surface area contributed by atoms with Crippen molar-refractivity contribution in [1.82, 2.24) is 0 Å². The minimum atomic E-state index is -0.286. The highest BCUT2D eigenvalue weighted by molar-refractivity contribution is 5.60. The van der Waals surface area contributed by atoms with Gasteiger partial charge in [-0.3, -0.25) is 0 Å². The summed E-state index contributed by atoms with van der Waals surface area (Å²) >= 11 is 0. The van der Waals surface area contributed by atoms with E-state index in [-0.39, 0.29) is 11.0 Å². The van der Waals surface area contributed by atoms with E-state index in [0.717, 1.165) is 11.3 Å². The molecule has 0 saturated heterocycles. The first-order valence-corrected chi connectivity index (χ1v) is 5.90. The van der Waals surface area contributed by atoms with E-state index in [9.17, 15) is 0 Å². The number of fused-ring (bicyclic) bond motifs is 1. The molecular weight excluding hydrogens is 214 g/mol. The van der Waals surface area contributed by atoms with Gasteiger partial charge in [0.15, 0.2) is 0 Å². The standard InChI is InChI=1S/C14H21NO2/c1-13(2)8-17-14(3,4)10-6-11(15)12(16-5)7-9(10)13/h6-7H,8,15H2,1-5H3. The maximum atomic E-state index is 5.98. The van der Waals surface area contributed by atoms with E-state index in [1.807, 2.05) is 6.07 Å². The molecule has 3 heteroatoms. The number of nitrogen functional groups attached to an aromatic ring is 1. The molecule has 0 radical (unpaired) electrons. The van der Waals surface area contributed by atoms with Crippen LogP contribution in [-0.2, 0) is 15.8 Å². The molecule has 0 spiro atoms. The first-order valence-electron chi connectivity index (χ1n) is 5.90. The van der Waals surface area contributed by atoms with Crippen molar-refractivity contribution in [2.45, 2.75) is 38.7 Å². The minimum Gasteiger partial charge on any atom is -0.495 e. The van der Waals surface area contributed by atoms with Crippen molar-refractivity contribution < 1.29 is 9.47 Å². The zero-order valence-corrected chi connectivity index (χ0v) is 11.3. The first-order chi connectivity index (χ1) is 7.78. The largest absolute Gasteiger partial charge is 0.495 e. The van der Waals surface area contributed by atoms with Crippen molar-refractivity contribution in [1.29, 1.82) is 0 Å². The van der Waals surface area contributed by atoms with E-state index >= 15 is 0 Å². The second-order valence-corrected chi connectivity index (χ2v) is 5.82. The quantitative estimate of drug-likeness (QED) is 0.761. The van der Waals surface area contributed by atoms with Crippen LogP contribution in [0.1, 0.15) is 38.8 Å². The molecule has 94 valence electrons. The lowest BCUT2D eigenvalue weighted by atomic mass is 9.75. The fraction of sp³-hybridized carbons (Fsp3) is 0.571. The van der Waals surface area contributed by atoms with Gasteiger partial charge in [0.2, 0.25) is 0 Å². The summed E-state index contributed by atoms with van der Waals surface area (Å²) in [5, 5.41) is 0. The number of rotatable bonds is 1. The molecule has 1 aromatic carbocycles. The summed E-state index contributed by atoms with van der Waals surface area (Å²) in [5.41, 5.74) is 8.78. The van der Waals surface area contributed by atoms with Crippen LogP contribution in [0.25, 0.3) is 0 Å². The second kappa shape index (κ2) is 3.64. The smallest absolute Gasteiger partial charge is 0.142 e. The fourth-order valence-corrected chi connectivity index (χ4v) is 2.35. The Balaban J connectivity index is 2.68. The van der Waals surface area contributed by atoms with Crippen LogP contribution in [0.5, 0.6) is 5.75 Å². The highest BCUT2D eigenvalue weighted by Gasteiger charge is 2.38. The van der Waals surface area contributed by atoms with Gasteiger partial charge >= 0.3 is 0 Å². The van der Waals surface area contributed by atoms with Crippen LogP contribution in [0.3, 0.4) is 0 Å². The number of nitrogens with two attached hydrogens (primary N) is 1. The number of hydrogen-bond acceptors (Lipinski definition) is 3. The normalized spacial score (nSPS) is 20.8. The average molecular weight is 235 g/mol. The van der Waals surface area contributed by atoms with Gasteiger partial charge in [-0.25, -0.2) is 0 Å². The second-order valence-electron chi connectivity index (χ2n) is 5.82. The summed E-state index contributed by atoms with van der Waals surface area (Å²) in [7, 11) is 1.65. The van der Waals surface area contributed by atoms with Crippen molar-refractivity contribution in [3.05, 3.63) is 23.3 Å². The lowest BCUT2D eigenvalue weighted by Gasteiger charge is -2.42. The molecule has 2 rings (SSSR count). The number of ether oxygens (including phenoxy) is 2. The number of anilines is 1. The summed E-state index contributed by atoms with van der Waals surface area (Å²) < 4.78 is 11.2. The highest BCUT2D eigenvalue weighted by atomic mass is 16.5. The van der Waals surface area contributed by atoms with Gasteiger partial charge < -0.3 is 15.2 Å². The van der Waals surface area contributed by atoms with Crippen LogP contribution in [0.15, 0.2) is 12.1 Å². The number of methoxy groups -OCH3 is 1. The molecule has 17 heavy (non-hydrogen) atoms. The molecule has 1 aliphatic rings. The Bertz CT molecular complexity index is 450. The minimum absolute atomic E-state index is 0.00810. The summed E-state index contributed by atoms with van der Waals surface area (Å²) in [6.45, 7) is 9.22. The Hall–Kier alpha value is -1.22. The van der Waals surface area contributed by atoms with Gasteiger partial charge in [0.25, 0.3) is 0 Å². The summed E-state index contributed by atoms with van der Waals surface area (Å²) in [5.74, 6) is 0.745. The molecule has 2 N–H and O–H groups in total. The van der Waals surface area contributed by atoms with Crippen LogP contribution in [0, 0.1) is 0 Å². The summed E-state index contributed by atoms with van der Waals surface area (Å²) in [6.07, 6.45) is 0. The fourth-order valence-electron chi connectivity index (χ4n) is 2.35. The number of benzene rings is 1. The maximum absolute atomic E-state index is 5.98. The van der Waals surface area contributed by atoms with E-state index < -0.39 is 0 Å². The monoisotopic (exact) mass is 235 g/mol. The molecule has 0 aliphatic carbocycles. The van der Waals surface area contributed by atoms with Crippen molar-refractivity contribution in [3.63, 3.8) is 0 Å². The zero-order chi connectivity index (χ0) is 12.8. The Kier molecular flexibility index (Phi) is 2.62. The van der Waals surface area contributed by atoms with Crippen molar-refractivity contribution in [2.24, 2.45) is 0 Å². The van der Waals surface area contributed by atoms with Crippen molar-refractivity contribution in [2.75, 3.05) is 19.5 Å². The maximum Gasteiger partial charge on any atom is 0.142 e. The van der Waals surface area contributed by atoms with Gasteiger partial charge in [0.05, 0.1) is 25.0 Å². The van der Waals surface area contributed by atoms with Gasteiger partial charge in [-0.15, -0.1) is 0 Å². The van der Waals surface area contributed by atoms with Crippen LogP contribution < -0.4 is 10.5 Å². The molecule has 3 nitrogen and oxygen atoms in total. The Labute approximate surface area is 103 Å². The third-order valence-corrected chi connectivity index (χ3v) is 3.54. The van der Waals surface area contributed by atoms with E-state index in [0.29, 0.717) is 12.3 Å². The molecule has 0 amide bonds. The van der Waals surface area contributed by atoms with E-state index in [1.165, 1.54) is 5.56 Å². The van der Waals surface area contributed by atoms with E-state index in [4.69, 9.17) is 15.2 Å². The predicted molar refractivity (Wildman–Crippen MR) is 69.4 cm³/mol. The molecule has 0 aromatic heterocycles. The molecule has 1 aromatic rings. The number of hydrogen-bond donors (Lipinski definition) is 1. The Morgan fingerprint density at radius 3 is 2.41 bits per heavy atom. The lowest BCUT2D eigenvalue weighted by Crippen LogP contribution is -2.39. The van der Waals surface area contributed by atoms with E-state index in [2.05, 4.69) is 33.8 Å². The van der Waals surface area contributed by atoms with Gasteiger partial charge in [-0.1, -0.05) is 13.8 Å². The third kappa shape index (κ3) is 1.89. The van der Waals surface area contributed by atoms with Crippen LogP contribution in [-0.4, -0.2) is 13.7 Å². The Morgan fingerprint density at radius 1 is 1.18 bits per heavy atom. The highest BCUT2D eigenvalue weighted by Crippen LogP contribution is 2.44. The summed E-state index contributed by atoms with van der Waals surface area (Å²) in [4.78, 5) is 0. The predicted octanol–water partition coefficient (Wildman–Crippen LogP) is 2.82. The van der Waals surface area contributed by atoms with E-state index in [1.54, 1.807) is 7.11 Å². The van der Waals surface area contributed by atoms with Crippen molar-refractivity contribution in [3.8, 4) is 5.75 Å². The van der Waals surface area contributed by atoms with Crippen LogP contribution in [0.4, 0.5) is 5.69 Å². The molecule has 0 saturated carbocycles. The third-order valence-electron chi connectivity index (χ3n) is 3.54. The Morgan fingerprint density at radius 2 is 1.82 bits per heavy atom. The molecule has 1 heterocycles.